The third-order valence-corrected chi connectivity index (χ3v) is 6.70. The lowest BCUT2D eigenvalue weighted by Gasteiger charge is -2.28. The summed E-state index contributed by atoms with van der Waals surface area (Å²) in [7, 11) is -1.36. The summed E-state index contributed by atoms with van der Waals surface area (Å²) in [4.78, 5) is 11.2. The molecule has 0 saturated heterocycles. The Morgan fingerprint density at radius 1 is 1.30 bits per heavy atom. The van der Waals surface area contributed by atoms with E-state index in [0.717, 1.165) is 12.8 Å². The van der Waals surface area contributed by atoms with Gasteiger partial charge in [0, 0.05) is 28.7 Å². The molecule has 4 atom stereocenters. The Morgan fingerprint density at radius 2 is 2.07 bits per heavy atom. The Labute approximate surface area is 159 Å². The van der Waals surface area contributed by atoms with Gasteiger partial charge in [-0.15, -0.1) is 0 Å². The van der Waals surface area contributed by atoms with Gasteiger partial charge in [-0.05, 0) is 41.7 Å². The summed E-state index contributed by atoms with van der Waals surface area (Å²) < 4.78 is 26.8. The van der Waals surface area contributed by atoms with Crippen molar-refractivity contribution in [1.29, 1.82) is 0 Å². The second-order valence-electron chi connectivity index (χ2n) is 6.92. The number of hydrogen-bond donors (Lipinski definition) is 1. The first-order valence-electron chi connectivity index (χ1n) is 9.02. The molecule has 2 aromatic rings. The molecule has 0 aliphatic carbocycles. The average molecular weight is 391 g/mol. The molecule has 27 heavy (non-hydrogen) atoms. The van der Waals surface area contributed by atoms with Crippen molar-refractivity contribution in [3.05, 3.63) is 69.5 Å². The number of hydrogen-bond acceptors (Lipinski definition) is 4. The van der Waals surface area contributed by atoms with Gasteiger partial charge in [0.15, 0.2) is 0 Å². The van der Waals surface area contributed by atoms with Crippen LogP contribution in [-0.2, 0) is 10.8 Å². The van der Waals surface area contributed by atoms with E-state index in [-0.39, 0.29) is 11.6 Å². The van der Waals surface area contributed by atoms with Crippen molar-refractivity contribution in [2.45, 2.75) is 43.1 Å². The molecule has 3 rings (SSSR count). The lowest BCUT2D eigenvalue weighted by molar-refractivity contribution is -0.384. The molecule has 1 aliphatic rings. The maximum absolute atomic E-state index is 14.0. The number of halogens is 1. The molecule has 0 aromatic heterocycles. The average Bonchev–Trinajstić information content (AvgIpc) is 2.74. The maximum Gasteiger partial charge on any atom is 0.269 e. The second kappa shape index (κ2) is 8.27. The van der Waals surface area contributed by atoms with Crippen LogP contribution in [0.3, 0.4) is 0 Å². The number of benzene rings is 2. The Hall–Kier alpha value is -2.12. The van der Waals surface area contributed by atoms with E-state index in [0.29, 0.717) is 28.2 Å². The number of nitro benzene ring substituents is 1. The Morgan fingerprint density at radius 3 is 2.78 bits per heavy atom. The van der Waals surface area contributed by atoms with E-state index in [1.165, 1.54) is 30.3 Å². The molecular weight excluding hydrogens is 369 g/mol. The number of nitro groups is 1. The Kier molecular flexibility index (Phi) is 6.01. The molecule has 0 saturated carbocycles. The highest BCUT2D eigenvalue weighted by Gasteiger charge is 2.37. The van der Waals surface area contributed by atoms with Crippen LogP contribution in [0.4, 0.5) is 10.1 Å². The van der Waals surface area contributed by atoms with Gasteiger partial charge in [-0.3, -0.25) is 14.3 Å². The maximum atomic E-state index is 14.0. The minimum atomic E-state index is -1.36. The summed E-state index contributed by atoms with van der Waals surface area (Å²) in [6, 6.07) is 10.1. The van der Waals surface area contributed by atoms with Crippen LogP contribution < -0.4 is 0 Å². The van der Waals surface area contributed by atoms with Crippen LogP contribution >= 0.6 is 0 Å². The number of aliphatic hydroxyl groups is 1. The standard InChI is InChI=1S/C20H22FNO4S/c1-2-3-5-14-12-27(26)18-9-8-15(21)11-17(18)19(20(14)23)13-6-4-7-16(10-13)22(24)25/h4,6-11,14,19-20,23H,2-3,5,12H2,1H3. The lowest BCUT2D eigenvalue weighted by atomic mass is 9.80. The zero-order chi connectivity index (χ0) is 19.6. The molecule has 0 bridgehead atoms. The lowest BCUT2D eigenvalue weighted by Crippen LogP contribution is -2.29. The van der Waals surface area contributed by atoms with Gasteiger partial charge in [0.2, 0.25) is 0 Å². The van der Waals surface area contributed by atoms with Crippen molar-refractivity contribution in [2.75, 3.05) is 5.75 Å². The Balaban J connectivity index is 2.15. The molecule has 0 fully saturated rings. The number of fused-ring (bicyclic) bond motifs is 1. The summed E-state index contributed by atoms with van der Waals surface area (Å²) in [6.07, 6.45) is 1.63. The summed E-state index contributed by atoms with van der Waals surface area (Å²) in [5, 5.41) is 22.3. The first-order chi connectivity index (χ1) is 12.9. The smallest absolute Gasteiger partial charge is 0.269 e. The van der Waals surface area contributed by atoms with E-state index in [9.17, 15) is 23.8 Å². The van der Waals surface area contributed by atoms with E-state index < -0.39 is 33.6 Å². The molecule has 7 heteroatoms. The van der Waals surface area contributed by atoms with Gasteiger partial charge in [-0.2, -0.15) is 0 Å². The van der Waals surface area contributed by atoms with E-state index in [1.54, 1.807) is 12.1 Å². The van der Waals surface area contributed by atoms with Gasteiger partial charge in [0.05, 0.1) is 21.8 Å². The minimum absolute atomic E-state index is 0.0897. The summed E-state index contributed by atoms with van der Waals surface area (Å²) in [5.74, 6) is -1.08. The fraction of sp³-hybridized carbons (Fsp3) is 0.400. The topological polar surface area (TPSA) is 80.4 Å². The van der Waals surface area contributed by atoms with Crippen molar-refractivity contribution < 1.29 is 18.6 Å². The molecule has 144 valence electrons. The zero-order valence-corrected chi connectivity index (χ0v) is 15.8. The van der Waals surface area contributed by atoms with Gasteiger partial charge in [0.1, 0.15) is 5.82 Å². The summed E-state index contributed by atoms with van der Waals surface area (Å²) >= 11 is 0. The van der Waals surface area contributed by atoms with Crippen molar-refractivity contribution >= 4 is 16.5 Å². The van der Waals surface area contributed by atoms with Crippen LogP contribution in [0, 0.1) is 21.8 Å². The molecule has 0 radical (unpaired) electrons. The number of rotatable bonds is 5. The fourth-order valence-corrected chi connectivity index (χ4v) is 5.34. The van der Waals surface area contributed by atoms with Crippen molar-refractivity contribution in [1.82, 2.24) is 0 Å². The molecule has 0 spiro atoms. The van der Waals surface area contributed by atoms with Gasteiger partial charge < -0.3 is 5.11 Å². The molecular formula is C20H22FNO4S. The van der Waals surface area contributed by atoms with Gasteiger partial charge in [-0.1, -0.05) is 31.9 Å². The van der Waals surface area contributed by atoms with Gasteiger partial charge >= 0.3 is 0 Å². The summed E-state index contributed by atoms with van der Waals surface area (Å²) in [6.45, 7) is 2.04. The van der Waals surface area contributed by atoms with Crippen molar-refractivity contribution in [3.63, 3.8) is 0 Å². The van der Waals surface area contributed by atoms with E-state index in [2.05, 4.69) is 0 Å². The highest BCUT2D eigenvalue weighted by atomic mass is 32.2. The molecule has 4 unspecified atom stereocenters. The normalized spacial score (nSPS) is 24.9. The first-order valence-corrected chi connectivity index (χ1v) is 10.3. The van der Waals surface area contributed by atoms with Crippen LogP contribution in [0.15, 0.2) is 47.4 Å². The second-order valence-corrected chi connectivity index (χ2v) is 8.38. The highest BCUT2D eigenvalue weighted by Crippen LogP contribution is 2.40. The Bertz CT molecular complexity index is 873. The molecule has 1 N–H and O–H groups in total. The first kappa shape index (κ1) is 19.6. The molecule has 1 heterocycles. The van der Waals surface area contributed by atoms with Crippen LogP contribution in [0.25, 0.3) is 0 Å². The third kappa shape index (κ3) is 4.09. The van der Waals surface area contributed by atoms with Crippen molar-refractivity contribution in [2.24, 2.45) is 5.92 Å². The number of unbranched alkanes of at least 4 members (excludes halogenated alkanes) is 1. The summed E-state index contributed by atoms with van der Waals surface area (Å²) in [5.41, 5.74) is 0.886. The van der Waals surface area contributed by atoms with Crippen molar-refractivity contribution in [3.8, 4) is 0 Å². The minimum Gasteiger partial charge on any atom is -0.392 e. The van der Waals surface area contributed by atoms with Crippen LogP contribution in [0.2, 0.25) is 0 Å². The molecule has 5 nitrogen and oxygen atoms in total. The molecule has 0 amide bonds. The van der Waals surface area contributed by atoms with E-state index in [4.69, 9.17) is 0 Å². The predicted molar refractivity (Wildman–Crippen MR) is 102 cm³/mol. The largest absolute Gasteiger partial charge is 0.392 e. The number of non-ortho nitro benzene ring substituents is 1. The number of nitrogens with zero attached hydrogens (tertiary/aromatic N) is 1. The SMILES string of the molecule is CCCCC1CS(=O)c2ccc(F)cc2C(c2cccc([N+](=O)[O-])c2)C1O. The van der Waals surface area contributed by atoms with Crippen LogP contribution in [0.5, 0.6) is 0 Å². The molecule has 2 aromatic carbocycles. The van der Waals surface area contributed by atoms with Gasteiger partial charge in [0.25, 0.3) is 5.69 Å². The quantitative estimate of drug-likeness (QED) is 0.613. The third-order valence-electron chi connectivity index (χ3n) is 5.11. The highest BCUT2D eigenvalue weighted by molar-refractivity contribution is 7.85. The van der Waals surface area contributed by atoms with Gasteiger partial charge in [-0.25, -0.2) is 4.39 Å². The monoisotopic (exact) mass is 391 g/mol. The van der Waals surface area contributed by atoms with Crippen LogP contribution in [0.1, 0.15) is 43.2 Å². The van der Waals surface area contributed by atoms with Crippen LogP contribution in [-0.4, -0.2) is 26.1 Å². The fourth-order valence-electron chi connectivity index (χ4n) is 3.74. The zero-order valence-electron chi connectivity index (χ0n) is 15.0. The predicted octanol–water partition coefficient (Wildman–Crippen LogP) is 4.15. The van der Waals surface area contributed by atoms with E-state index >= 15 is 0 Å². The molecule has 1 aliphatic heterocycles. The number of aliphatic hydroxyl groups excluding tert-OH is 1. The van der Waals surface area contributed by atoms with E-state index in [1.807, 2.05) is 6.92 Å².